The summed E-state index contributed by atoms with van der Waals surface area (Å²) < 4.78 is 1.81. The monoisotopic (exact) mass is 251 g/mol. The van der Waals surface area contributed by atoms with E-state index in [9.17, 15) is 4.79 Å². The van der Waals surface area contributed by atoms with Crippen molar-refractivity contribution in [3.63, 3.8) is 0 Å². The van der Waals surface area contributed by atoms with Crippen LogP contribution in [0.5, 0.6) is 0 Å². The summed E-state index contributed by atoms with van der Waals surface area (Å²) in [6.45, 7) is 0. The quantitative estimate of drug-likeness (QED) is 0.843. The van der Waals surface area contributed by atoms with Gasteiger partial charge < -0.3 is 5.11 Å². The van der Waals surface area contributed by atoms with Crippen LogP contribution in [-0.4, -0.2) is 26.8 Å². The van der Waals surface area contributed by atoms with Crippen LogP contribution < -0.4 is 0 Å². The van der Waals surface area contributed by atoms with Gasteiger partial charge in [-0.25, -0.2) is 9.78 Å². The van der Waals surface area contributed by atoms with E-state index in [1.54, 1.807) is 17.0 Å². The van der Waals surface area contributed by atoms with E-state index in [4.69, 9.17) is 5.11 Å². The molecule has 1 N–H and O–H groups in total. The molecule has 1 aromatic carbocycles. The molecule has 4 rings (SSSR count). The fraction of sp³-hybridized carbons (Fsp3) is 0.0714. The summed E-state index contributed by atoms with van der Waals surface area (Å²) in [4.78, 5) is 19.5. The Morgan fingerprint density at radius 1 is 1.32 bits per heavy atom. The van der Waals surface area contributed by atoms with Crippen molar-refractivity contribution in [2.75, 3.05) is 0 Å². The summed E-state index contributed by atoms with van der Waals surface area (Å²) in [5, 5.41) is 9.01. The zero-order valence-electron chi connectivity index (χ0n) is 9.82. The SMILES string of the molecule is O=C(O)c1cn2c(n1)C=NC1C2=Cc2ccccc21. The summed E-state index contributed by atoms with van der Waals surface area (Å²) in [7, 11) is 0. The molecule has 1 aromatic heterocycles. The van der Waals surface area contributed by atoms with Crippen molar-refractivity contribution in [2.45, 2.75) is 6.04 Å². The van der Waals surface area contributed by atoms with Crippen LogP contribution in [0.2, 0.25) is 0 Å². The highest BCUT2D eigenvalue weighted by Crippen LogP contribution is 2.41. The molecular formula is C14H9N3O2. The lowest BCUT2D eigenvalue weighted by molar-refractivity contribution is 0.0691. The molecule has 5 nitrogen and oxygen atoms in total. The maximum Gasteiger partial charge on any atom is 0.356 e. The number of fused-ring (bicyclic) bond motifs is 5. The molecule has 1 aliphatic carbocycles. The normalized spacial score (nSPS) is 18.5. The fourth-order valence-electron chi connectivity index (χ4n) is 2.58. The van der Waals surface area contributed by atoms with Gasteiger partial charge in [0.15, 0.2) is 11.5 Å². The zero-order valence-corrected chi connectivity index (χ0v) is 9.82. The van der Waals surface area contributed by atoms with Crippen LogP contribution >= 0.6 is 0 Å². The van der Waals surface area contributed by atoms with Crippen molar-refractivity contribution in [2.24, 2.45) is 4.99 Å². The molecule has 0 amide bonds. The Bertz CT molecular complexity index is 771. The predicted octanol–water partition coefficient (Wildman–Crippen LogP) is 2.07. The fourth-order valence-corrected chi connectivity index (χ4v) is 2.58. The Balaban J connectivity index is 1.91. The number of imidazole rings is 1. The molecule has 2 aromatic rings. The Labute approximate surface area is 108 Å². The van der Waals surface area contributed by atoms with Gasteiger partial charge in [0.1, 0.15) is 6.04 Å². The molecule has 0 spiro atoms. The van der Waals surface area contributed by atoms with Crippen LogP contribution in [0.3, 0.4) is 0 Å². The number of aromatic nitrogens is 2. The van der Waals surface area contributed by atoms with E-state index in [1.165, 1.54) is 0 Å². The number of aromatic carboxylic acids is 1. The minimum atomic E-state index is -1.03. The van der Waals surface area contributed by atoms with Gasteiger partial charge in [-0.1, -0.05) is 24.3 Å². The average molecular weight is 251 g/mol. The number of carboxylic acids is 1. The van der Waals surface area contributed by atoms with E-state index in [-0.39, 0.29) is 11.7 Å². The van der Waals surface area contributed by atoms with E-state index in [0.29, 0.717) is 5.82 Å². The largest absolute Gasteiger partial charge is 0.476 e. The van der Waals surface area contributed by atoms with Crippen LogP contribution in [0.25, 0.3) is 11.8 Å². The van der Waals surface area contributed by atoms with Crippen LogP contribution in [0, 0.1) is 0 Å². The Morgan fingerprint density at radius 2 is 2.16 bits per heavy atom. The second-order valence-corrected chi connectivity index (χ2v) is 4.54. The Kier molecular flexibility index (Phi) is 1.84. The van der Waals surface area contributed by atoms with E-state index in [2.05, 4.69) is 9.98 Å². The first kappa shape index (κ1) is 10.3. The Morgan fingerprint density at radius 3 is 3.00 bits per heavy atom. The molecule has 1 unspecified atom stereocenters. The standard InChI is InChI=1S/C14H9N3O2/c18-14(19)10-7-17-11-5-8-3-1-2-4-9(8)13(11)15-6-12(17)16-10/h1-7,13H,(H,18,19). The molecular weight excluding hydrogens is 242 g/mol. The van der Waals surface area contributed by atoms with Crippen LogP contribution in [-0.2, 0) is 0 Å². The van der Waals surface area contributed by atoms with Crippen molar-refractivity contribution in [3.8, 4) is 0 Å². The summed E-state index contributed by atoms with van der Waals surface area (Å²) in [6.07, 6.45) is 5.22. The van der Waals surface area contributed by atoms with E-state index < -0.39 is 5.97 Å². The second-order valence-electron chi connectivity index (χ2n) is 4.54. The van der Waals surface area contributed by atoms with Gasteiger partial charge in [0.2, 0.25) is 0 Å². The van der Waals surface area contributed by atoms with E-state index in [0.717, 1.165) is 16.8 Å². The molecule has 2 aliphatic rings. The molecule has 2 heterocycles. The van der Waals surface area contributed by atoms with Crippen molar-refractivity contribution in [1.29, 1.82) is 0 Å². The minimum absolute atomic E-state index is 0.0407. The molecule has 0 bridgehead atoms. The average Bonchev–Trinajstić information content (AvgIpc) is 2.99. The smallest absolute Gasteiger partial charge is 0.356 e. The van der Waals surface area contributed by atoms with Crippen molar-refractivity contribution < 1.29 is 9.90 Å². The zero-order chi connectivity index (χ0) is 13.0. The van der Waals surface area contributed by atoms with Gasteiger partial charge >= 0.3 is 5.97 Å². The molecule has 0 radical (unpaired) electrons. The van der Waals surface area contributed by atoms with Crippen LogP contribution in [0.1, 0.15) is 33.5 Å². The third-order valence-corrected chi connectivity index (χ3v) is 3.44. The number of carboxylic acid groups (broad SMARTS) is 1. The van der Waals surface area contributed by atoms with Gasteiger partial charge in [-0.15, -0.1) is 0 Å². The van der Waals surface area contributed by atoms with Gasteiger partial charge in [-0.3, -0.25) is 9.56 Å². The maximum atomic E-state index is 11.0. The highest BCUT2D eigenvalue weighted by Gasteiger charge is 2.30. The van der Waals surface area contributed by atoms with E-state index in [1.807, 2.05) is 30.3 Å². The van der Waals surface area contributed by atoms with Gasteiger partial charge in [-0.2, -0.15) is 0 Å². The number of hydrogen-bond donors (Lipinski definition) is 1. The number of benzene rings is 1. The molecule has 92 valence electrons. The molecule has 0 fully saturated rings. The third-order valence-electron chi connectivity index (χ3n) is 3.44. The van der Waals surface area contributed by atoms with Crippen LogP contribution in [0.4, 0.5) is 0 Å². The minimum Gasteiger partial charge on any atom is -0.476 e. The third kappa shape index (κ3) is 1.32. The number of hydrogen-bond acceptors (Lipinski definition) is 3. The lowest BCUT2D eigenvalue weighted by Gasteiger charge is -2.18. The molecule has 0 saturated carbocycles. The summed E-state index contributed by atoms with van der Waals surface area (Å²) in [5.74, 6) is -0.462. The second kappa shape index (κ2) is 3.41. The topological polar surface area (TPSA) is 67.5 Å². The predicted molar refractivity (Wildman–Crippen MR) is 70.1 cm³/mol. The summed E-state index contributed by atoms with van der Waals surface area (Å²) >= 11 is 0. The number of rotatable bonds is 1. The lowest BCUT2D eigenvalue weighted by Crippen LogP contribution is -2.11. The summed E-state index contributed by atoms with van der Waals surface area (Å²) in [6, 6.07) is 7.98. The first-order valence-electron chi connectivity index (χ1n) is 5.91. The van der Waals surface area contributed by atoms with Gasteiger partial charge in [0, 0.05) is 6.20 Å². The Hall–Kier alpha value is -2.69. The number of carbonyl (C=O) groups is 1. The molecule has 5 heteroatoms. The van der Waals surface area contributed by atoms with Gasteiger partial charge in [0.25, 0.3) is 0 Å². The van der Waals surface area contributed by atoms with Gasteiger partial charge in [0.05, 0.1) is 11.9 Å². The summed E-state index contributed by atoms with van der Waals surface area (Å²) in [5.41, 5.74) is 3.26. The number of nitrogens with zero attached hydrogens (tertiary/aromatic N) is 3. The highest BCUT2D eigenvalue weighted by molar-refractivity contribution is 5.93. The van der Waals surface area contributed by atoms with Crippen molar-refractivity contribution >= 4 is 24.0 Å². The van der Waals surface area contributed by atoms with Crippen molar-refractivity contribution in [1.82, 2.24) is 9.55 Å². The highest BCUT2D eigenvalue weighted by atomic mass is 16.4. The maximum absolute atomic E-state index is 11.0. The molecule has 1 atom stereocenters. The molecule has 0 saturated heterocycles. The van der Waals surface area contributed by atoms with Gasteiger partial charge in [-0.05, 0) is 17.2 Å². The van der Waals surface area contributed by atoms with Crippen LogP contribution in [0.15, 0.2) is 35.5 Å². The first-order valence-corrected chi connectivity index (χ1v) is 5.91. The first-order chi connectivity index (χ1) is 9.24. The van der Waals surface area contributed by atoms with E-state index >= 15 is 0 Å². The molecule has 1 aliphatic heterocycles. The lowest BCUT2D eigenvalue weighted by atomic mass is 10.1. The number of aliphatic imine (C=N–C) groups is 1. The molecule has 19 heavy (non-hydrogen) atoms. The van der Waals surface area contributed by atoms with Crippen molar-refractivity contribution in [3.05, 3.63) is 53.1 Å².